The van der Waals surface area contributed by atoms with E-state index >= 15 is 0 Å². The van der Waals surface area contributed by atoms with Crippen molar-refractivity contribution < 1.29 is 0 Å². The Bertz CT molecular complexity index is 4910. The van der Waals surface area contributed by atoms with Gasteiger partial charge in [-0.3, -0.25) is 0 Å². The highest BCUT2D eigenvalue weighted by Gasteiger charge is 2.48. The third kappa shape index (κ3) is 7.90. The molecule has 0 radical (unpaired) electrons. The first-order valence-corrected chi connectivity index (χ1v) is 35.1. The Labute approximate surface area is 538 Å². The van der Waals surface area contributed by atoms with Crippen LogP contribution < -0.4 is 26.2 Å². The van der Waals surface area contributed by atoms with Crippen molar-refractivity contribution in [1.29, 1.82) is 0 Å². The van der Waals surface area contributed by atoms with Gasteiger partial charge in [0.25, 0.3) is 6.71 Å². The van der Waals surface area contributed by atoms with Gasteiger partial charge in [-0.1, -0.05) is 129 Å². The van der Waals surface area contributed by atoms with E-state index in [1.54, 1.807) is 33.7 Å². The van der Waals surface area contributed by atoms with E-state index in [-0.39, 0.29) is 18.0 Å². The second kappa shape index (κ2) is 20.3. The minimum atomic E-state index is -0.107. The molecule has 11 aromatic rings. The molecule has 2 aliphatic heterocycles. The van der Waals surface area contributed by atoms with Crippen LogP contribution in [0.1, 0.15) is 181 Å². The van der Waals surface area contributed by atoms with Crippen LogP contribution in [-0.4, -0.2) is 20.4 Å². The number of nitrogens with zero attached hydrogens (tertiary/aromatic N) is 5. The van der Waals surface area contributed by atoms with Gasteiger partial charge in [0.2, 0.25) is 0 Å². The van der Waals surface area contributed by atoms with Crippen LogP contribution in [0.5, 0.6) is 0 Å². The lowest BCUT2D eigenvalue weighted by molar-refractivity contribution is 0.590. The van der Waals surface area contributed by atoms with Crippen molar-refractivity contribution >= 4 is 84.6 Å². The molecule has 91 heavy (non-hydrogen) atoms. The minimum Gasteiger partial charge on any atom is -0.317 e. The monoisotopic (exact) mass is 1180 g/mol. The number of hydrogen-bond donors (Lipinski definition) is 0. The standard InChI is InChI=1S/C85H82BN5/c1-51-44-52(2)83(53(3)45-51)91-77-49-57(87-71-32-16-12-24-61(71)62-25-13-17-33-72(62)87)42-43-69(77)86-70-48-58(88-73-34-18-14-26-63(73)65-30-20-36-74(65)88)50-80(90-75-35-19-15-27-64(75)66-31-21-37-76(66)90)84(70)89(56-40-38-55(39-41-56)85(4,5)6)78-46-54(47-79(91)82(78)86)81-67-28-9-7-8-22-59(67)60-23-10-11-29-68(60)81/h10-11,14-15,18-19,23,26-27,29,34-35,38-50,81H,7-9,12-13,16-17,20-22,24-25,28,30-33,36-37H2,1-6H3. The molecule has 0 amide bonds. The van der Waals surface area contributed by atoms with Crippen molar-refractivity contribution in [3.05, 3.63) is 241 Å². The van der Waals surface area contributed by atoms with Gasteiger partial charge in [0.1, 0.15) is 0 Å². The summed E-state index contributed by atoms with van der Waals surface area (Å²) in [6, 6.07) is 61.9. The first-order valence-electron chi connectivity index (χ1n) is 35.1. The lowest BCUT2D eigenvalue weighted by Gasteiger charge is -2.46. The number of anilines is 6. The summed E-state index contributed by atoms with van der Waals surface area (Å²) in [7, 11) is 0. The molecule has 5 nitrogen and oxygen atoms in total. The smallest absolute Gasteiger partial charge is 0.252 e. The number of para-hydroxylation sites is 2. The first-order chi connectivity index (χ1) is 44.6. The maximum absolute atomic E-state index is 2.82. The van der Waals surface area contributed by atoms with Gasteiger partial charge < -0.3 is 23.5 Å². The summed E-state index contributed by atoms with van der Waals surface area (Å²) in [4.78, 5) is 5.63. The van der Waals surface area contributed by atoms with E-state index in [1.807, 2.05) is 0 Å². The molecule has 19 rings (SSSR count). The predicted octanol–water partition coefficient (Wildman–Crippen LogP) is 19.3. The average Bonchev–Trinajstić information content (AvgIpc) is 0.865. The molecule has 1 atom stereocenters. The number of fused-ring (bicyclic) bond motifs is 15. The highest BCUT2D eigenvalue weighted by molar-refractivity contribution is 7.00. The maximum atomic E-state index is 2.82. The molecule has 0 bridgehead atoms. The molecule has 0 N–H and O–H groups in total. The lowest BCUT2D eigenvalue weighted by atomic mass is 9.33. The normalized spacial score (nSPS) is 17.8. The van der Waals surface area contributed by atoms with E-state index < -0.39 is 0 Å². The summed E-state index contributed by atoms with van der Waals surface area (Å²) in [6.07, 6.45) is 22.6. The SMILES string of the molecule is Cc1cc(C)c(N2c3cc(-n4c5c(c6c4CCCC6)CCCC5)ccc3B3c4cc(-n5c6c(c7ccccc75)CCC6)cc(-n5c6c(c7ccccc75)CCC6)c4N(c4ccc(C(C)(C)C)cc4)c4cc(C5C6=C(CCCCC6)c6ccccc65)cc2c43)c(C)c1. The fourth-order valence-corrected chi connectivity index (χ4v) is 19.8. The van der Waals surface area contributed by atoms with Gasteiger partial charge in [-0.05, 0) is 280 Å². The second-order valence-electron chi connectivity index (χ2n) is 29.7. The van der Waals surface area contributed by atoms with Gasteiger partial charge in [0.05, 0.1) is 28.1 Å². The molecule has 0 spiro atoms. The van der Waals surface area contributed by atoms with E-state index in [0.717, 1.165) is 51.4 Å². The van der Waals surface area contributed by atoms with E-state index in [0.29, 0.717) is 0 Å². The number of benzene rings is 8. The van der Waals surface area contributed by atoms with Gasteiger partial charge in [-0.25, -0.2) is 0 Å². The van der Waals surface area contributed by atoms with Gasteiger partial charge in [-0.15, -0.1) is 0 Å². The molecule has 5 heterocycles. The molecule has 6 aliphatic carbocycles. The quantitative estimate of drug-likeness (QED) is 0.155. The van der Waals surface area contributed by atoms with Crippen LogP contribution in [0.3, 0.4) is 0 Å². The summed E-state index contributed by atoms with van der Waals surface area (Å²) in [5.41, 5.74) is 43.9. The molecule has 3 aromatic heterocycles. The fourth-order valence-electron chi connectivity index (χ4n) is 19.8. The van der Waals surface area contributed by atoms with Crippen molar-refractivity contribution in [2.45, 2.75) is 175 Å². The van der Waals surface area contributed by atoms with Crippen LogP contribution >= 0.6 is 0 Å². The Morgan fingerprint density at radius 3 is 1.67 bits per heavy atom. The number of rotatable bonds is 6. The Balaban J connectivity index is 0.989. The molecule has 8 aromatic carbocycles. The Kier molecular flexibility index (Phi) is 12.1. The molecule has 8 aliphatic rings. The molecule has 450 valence electrons. The summed E-state index contributed by atoms with van der Waals surface area (Å²) >= 11 is 0. The summed E-state index contributed by atoms with van der Waals surface area (Å²) < 4.78 is 8.32. The second-order valence-corrected chi connectivity index (χ2v) is 29.7. The Morgan fingerprint density at radius 2 is 0.967 bits per heavy atom. The molecular formula is C85H82BN5. The third-order valence-corrected chi connectivity index (χ3v) is 23.4. The zero-order chi connectivity index (χ0) is 60.7. The van der Waals surface area contributed by atoms with Gasteiger partial charge in [0, 0.05) is 73.6 Å². The van der Waals surface area contributed by atoms with Crippen molar-refractivity contribution in [2.24, 2.45) is 0 Å². The van der Waals surface area contributed by atoms with E-state index in [9.17, 15) is 0 Å². The van der Waals surface area contributed by atoms with E-state index in [1.165, 1.54) is 221 Å². The van der Waals surface area contributed by atoms with Gasteiger partial charge in [0.15, 0.2) is 0 Å². The molecule has 6 heteroatoms. The minimum absolute atomic E-state index is 0.0148. The van der Waals surface area contributed by atoms with Crippen LogP contribution in [0, 0.1) is 20.8 Å². The number of aryl methyl sites for hydroxylation is 5. The zero-order valence-corrected chi connectivity index (χ0v) is 54.3. The van der Waals surface area contributed by atoms with Crippen molar-refractivity contribution in [2.75, 3.05) is 9.80 Å². The van der Waals surface area contributed by atoms with Crippen LogP contribution in [0.15, 0.2) is 157 Å². The summed E-state index contributed by atoms with van der Waals surface area (Å²) in [5, 5.41) is 2.81. The van der Waals surface area contributed by atoms with Crippen molar-refractivity contribution in [3.63, 3.8) is 0 Å². The lowest BCUT2D eigenvalue weighted by Crippen LogP contribution is -2.62. The van der Waals surface area contributed by atoms with E-state index in [4.69, 9.17) is 0 Å². The van der Waals surface area contributed by atoms with Crippen molar-refractivity contribution in [1.82, 2.24) is 13.7 Å². The average molecular weight is 1180 g/mol. The molecular weight excluding hydrogens is 1100 g/mol. The predicted molar refractivity (Wildman–Crippen MR) is 382 cm³/mol. The topological polar surface area (TPSA) is 21.3 Å². The number of allylic oxidation sites excluding steroid dienone is 2. The summed E-state index contributed by atoms with van der Waals surface area (Å²) in [5.74, 6) is 0.145. The van der Waals surface area contributed by atoms with E-state index in [2.05, 4.69) is 217 Å². The molecule has 1 unspecified atom stereocenters. The molecule has 0 saturated carbocycles. The van der Waals surface area contributed by atoms with Crippen LogP contribution in [0.4, 0.5) is 34.1 Å². The van der Waals surface area contributed by atoms with Crippen LogP contribution in [-0.2, 0) is 56.8 Å². The molecule has 0 saturated heterocycles. The molecule has 0 fully saturated rings. The summed E-state index contributed by atoms with van der Waals surface area (Å²) in [6.45, 7) is 14.1. The zero-order valence-electron chi connectivity index (χ0n) is 54.3. The van der Waals surface area contributed by atoms with Crippen LogP contribution in [0.2, 0.25) is 0 Å². The van der Waals surface area contributed by atoms with Crippen LogP contribution in [0.25, 0.3) is 44.4 Å². The first kappa shape index (κ1) is 54.3. The largest absolute Gasteiger partial charge is 0.317 e. The Morgan fingerprint density at radius 1 is 0.407 bits per heavy atom. The maximum Gasteiger partial charge on any atom is 0.252 e. The van der Waals surface area contributed by atoms with Crippen molar-refractivity contribution in [3.8, 4) is 17.1 Å². The highest BCUT2D eigenvalue weighted by Crippen LogP contribution is 2.56. The third-order valence-electron chi connectivity index (χ3n) is 23.4. The number of hydrogen-bond acceptors (Lipinski definition) is 2. The van der Waals surface area contributed by atoms with Gasteiger partial charge in [-0.2, -0.15) is 0 Å². The Hall–Kier alpha value is -8.48. The van der Waals surface area contributed by atoms with Gasteiger partial charge >= 0.3 is 0 Å². The highest BCUT2D eigenvalue weighted by atomic mass is 15.2. The number of aromatic nitrogens is 3. The fraction of sp³-hybridized carbons (Fsp3) is 0.318.